The molecule has 1 aromatic heterocycles. The number of carbonyl (C=O) groups excluding carboxylic acids is 3. The first-order chi connectivity index (χ1) is 22.5. The van der Waals surface area contributed by atoms with Gasteiger partial charge in [0.15, 0.2) is 5.96 Å². The van der Waals surface area contributed by atoms with Gasteiger partial charge in [0.2, 0.25) is 11.8 Å². The lowest BCUT2D eigenvalue weighted by atomic mass is 9.96. The van der Waals surface area contributed by atoms with Crippen LogP contribution in [0.5, 0.6) is 0 Å². The smallest absolute Gasteiger partial charge is 0.335 e. The van der Waals surface area contributed by atoms with Crippen LogP contribution in [0.4, 0.5) is 11.5 Å². The van der Waals surface area contributed by atoms with Crippen molar-refractivity contribution in [3.8, 4) is 22.4 Å². The van der Waals surface area contributed by atoms with Crippen molar-refractivity contribution in [1.29, 1.82) is 0 Å². The number of carboxylic acid groups (broad SMARTS) is 1. The molecule has 1 atom stereocenters. The molecule has 0 aliphatic carbocycles. The van der Waals surface area contributed by atoms with E-state index in [1.54, 1.807) is 6.07 Å². The van der Waals surface area contributed by atoms with E-state index in [-0.39, 0.29) is 47.6 Å². The number of hydrogen-bond acceptors (Lipinski definition) is 5. The van der Waals surface area contributed by atoms with Gasteiger partial charge in [-0.15, -0.1) is 0 Å². The van der Waals surface area contributed by atoms with E-state index in [0.29, 0.717) is 17.7 Å². The van der Waals surface area contributed by atoms with E-state index in [4.69, 9.17) is 11.5 Å². The number of amides is 3. The van der Waals surface area contributed by atoms with Crippen LogP contribution in [-0.2, 0) is 9.59 Å². The molecule has 4 aromatic rings. The van der Waals surface area contributed by atoms with Crippen LogP contribution in [0.1, 0.15) is 60.4 Å². The van der Waals surface area contributed by atoms with Gasteiger partial charge in [-0.25, -0.2) is 4.79 Å². The van der Waals surface area contributed by atoms with E-state index in [9.17, 15) is 24.3 Å². The predicted molar refractivity (Wildman–Crippen MR) is 183 cm³/mol. The lowest BCUT2D eigenvalue weighted by Gasteiger charge is -2.22. The number of aliphatic imine (C=N–C) groups is 1. The molecular formula is C35H39N7O5. The molecule has 0 spiro atoms. The van der Waals surface area contributed by atoms with Crippen molar-refractivity contribution in [3.63, 3.8) is 0 Å². The minimum atomic E-state index is -1.14. The van der Waals surface area contributed by atoms with Crippen LogP contribution in [0.15, 0.2) is 89.9 Å². The number of nitrogens with one attached hydrogen (secondary N) is 3. The Morgan fingerprint density at radius 3 is 2.09 bits per heavy atom. The van der Waals surface area contributed by atoms with Crippen LogP contribution in [-0.4, -0.2) is 51.9 Å². The summed E-state index contributed by atoms with van der Waals surface area (Å²) in [5.74, 6) is -2.51. The summed E-state index contributed by atoms with van der Waals surface area (Å²) in [7, 11) is 0. The minimum absolute atomic E-state index is 0.00297. The molecule has 4 rings (SSSR count). The average Bonchev–Trinajstić information content (AvgIpc) is 3.38. The number of aromatic carboxylic acids is 1. The minimum Gasteiger partial charge on any atom is -0.478 e. The van der Waals surface area contributed by atoms with Gasteiger partial charge in [-0.05, 0) is 56.0 Å². The van der Waals surface area contributed by atoms with E-state index in [0.717, 1.165) is 11.1 Å². The highest BCUT2D eigenvalue weighted by molar-refractivity contribution is 6.17. The van der Waals surface area contributed by atoms with Gasteiger partial charge in [-0.1, -0.05) is 66.7 Å². The van der Waals surface area contributed by atoms with Gasteiger partial charge in [0, 0.05) is 30.8 Å². The number of guanidine groups is 1. The molecule has 244 valence electrons. The Hall–Kier alpha value is -5.91. The van der Waals surface area contributed by atoms with Crippen molar-refractivity contribution in [2.24, 2.45) is 16.5 Å². The highest BCUT2D eigenvalue weighted by Gasteiger charge is 2.32. The zero-order valence-electron chi connectivity index (χ0n) is 26.5. The molecule has 0 aliphatic heterocycles. The molecule has 0 bridgehead atoms. The SMILES string of the molecule is CC(=O)NC(CCCN=C(N)N)C(=O)Nc1c(C(=O)Nc2cccc(C(=O)O)c2)c(-c2ccccc2)c(-c2ccccc2)n1C(C)C. The largest absolute Gasteiger partial charge is 0.478 e. The summed E-state index contributed by atoms with van der Waals surface area (Å²) in [4.78, 5) is 56.1. The number of nitrogens with two attached hydrogens (primary N) is 2. The summed E-state index contributed by atoms with van der Waals surface area (Å²) in [6, 6.07) is 23.6. The van der Waals surface area contributed by atoms with E-state index >= 15 is 0 Å². The highest BCUT2D eigenvalue weighted by atomic mass is 16.4. The first kappa shape index (κ1) is 34.0. The van der Waals surface area contributed by atoms with Crippen molar-refractivity contribution < 1.29 is 24.3 Å². The number of nitrogens with zero attached hydrogens (tertiary/aromatic N) is 2. The maximum absolute atomic E-state index is 14.4. The Kier molecular flexibility index (Phi) is 11.1. The third kappa shape index (κ3) is 8.42. The summed E-state index contributed by atoms with van der Waals surface area (Å²) in [6.45, 7) is 5.45. The number of carboxylic acids is 1. The molecule has 3 aromatic carbocycles. The van der Waals surface area contributed by atoms with Crippen molar-refractivity contribution in [1.82, 2.24) is 9.88 Å². The molecule has 1 heterocycles. The number of aromatic nitrogens is 1. The van der Waals surface area contributed by atoms with Gasteiger partial charge >= 0.3 is 5.97 Å². The molecule has 47 heavy (non-hydrogen) atoms. The van der Waals surface area contributed by atoms with Crippen LogP contribution in [0.3, 0.4) is 0 Å². The maximum atomic E-state index is 14.4. The molecule has 3 amide bonds. The Morgan fingerprint density at radius 2 is 1.51 bits per heavy atom. The molecule has 0 fully saturated rings. The van der Waals surface area contributed by atoms with E-state index in [2.05, 4.69) is 20.9 Å². The fourth-order valence-corrected chi connectivity index (χ4v) is 5.36. The summed E-state index contributed by atoms with van der Waals surface area (Å²) >= 11 is 0. The molecular weight excluding hydrogens is 598 g/mol. The molecule has 12 nitrogen and oxygen atoms in total. The Labute approximate surface area is 272 Å². The van der Waals surface area contributed by atoms with Crippen molar-refractivity contribution in [2.45, 2.75) is 45.7 Å². The molecule has 1 unspecified atom stereocenters. The van der Waals surface area contributed by atoms with Crippen molar-refractivity contribution in [2.75, 3.05) is 17.2 Å². The summed E-state index contributed by atoms with van der Waals surface area (Å²) in [6.07, 6.45) is 0.629. The Bertz CT molecular complexity index is 1780. The number of anilines is 2. The van der Waals surface area contributed by atoms with Gasteiger partial charge in [-0.2, -0.15) is 0 Å². The van der Waals surface area contributed by atoms with Crippen molar-refractivity contribution in [3.05, 3.63) is 96.1 Å². The van der Waals surface area contributed by atoms with Crippen LogP contribution < -0.4 is 27.4 Å². The predicted octanol–water partition coefficient (Wildman–Crippen LogP) is 4.85. The quantitative estimate of drug-likeness (QED) is 0.0685. The molecule has 8 N–H and O–H groups in total. The second kappa shape index (κ2) is 15.4. The van der Waals surface area contributed by atoms with Crippen LogP contribution in [0, 0.1) is 0 Å². The third-order valence-corrected chi connectivity index (χ3v) is 7.31. The summed E-state index contributed by atoms with van der Waals surface area (Å²) in [5, 5.41) is 18.1. The fraction of sp³-hybridized carbons (Fsp3) is 0.229. The number of hydrogen-bond donors (Lipinski definition) is 6. The van der Waals surface area contributed by atoms with E-state index in [1.165, 1.54) is 25.1 Å². The molecule has 0 saturated heterocycles. The van der Waals surface area contributed by atoms with Crippen molar-refractivity contribution >= 4 is 41.2 Å². The average molecular weight is 638 g/mol. The van der Waals surface area contributed by atoms with Gasteiger partial charge in [0.1, 0.15) is 11.9 Å². The van der Waals surface area contributed by atoms with Crippen LogP contribution in [0.2, 0.25) is 0 Å². The topological polar surface area (TPSA) is 194 Å². The molecule has 0 aliphatic rings. The number of rotatable bonds is 13. The second-order valence-electron chi connectivity index (χ2n) is 11.2. The van der Waals surface area contributed by atoms with E-state index in [1.807, 2.05) is 79.1 Å². The third-order valence-electron chi connectivity index (χ3n) is 7.31. The van der Waals surface area contributed by atoms with E-state index < -0.39 is 29.7 Å². The van der Waals surface area contributed by atoms with Gasteiger partial charge in [-0.3, -0.25) is 19.4 Å². The Morgan fingerprint density at radius 1 is 0.872 bits per heavy atom. The van der Waals surface area contributed by atoms with Gasteiger partial charge in [0.05, 0.1) is 16.8 Å². The zero-order valence-corrected chi connectivity index (χ0v) is 26.5. The number of benzene rings is 3. The zero-order chi connectivity index (χ0) is 34.1. The molecule has 0 radical (unpaired) electrons. The summed E-state index contributed by atoms with van der Waals surface area (Å²) < 4.78 is 1.89. The monoisotopic (exact) mass is 637 g/mol. The van der Waals surface area contributed by atoms with Gasteiger partial charge in [0.25, 0.3) is 5.91 Å². The molecule has 12 heteroatoms. The van der Waals surface area contributed by atoms with Crippen LogP contribution >= 0.6 is 0 Å². The normalized spacial score (nSPS) is 11.4. The first-order valence-electron chi connectivity index (χ1n) is 15.1. The maximum Gasteiger partial charge on any atom is 0.335 e. The fourth-order valence-electron chi connectivity index (χ4n) is 5.36. The lowest BCUT2D eigenvalue weighted by molar-refractivity contribution is -0.125. The summed E-state index contributed by atoms with van der Waals surface area (Å²) in [5.41, 5.74) is 14.1. The molecule has 0 saturated carbocycles. The first-order valence-corrected chi connectivity index (χ1v) is 15.1. The lowest BCUT2D eigenvalue weighted by Crippen LogP contribution is -2.43. The second-order valence-corrected chi connectivity index (χ2v) is 11.2. The van der Waals surface area contributed by atoms with Crippen LogP contribution in [0.25, 0.3) is 22.4 Å². The Balaban J connectivity index is 1.94. The standard InChI is InChI=1S/C35H39N7O5/c1-21(2)42-30(24-14-8-5-9-15-24)28(23-12-6-4-7-13-23)29(33(45)40-26-17-10-16-25(20-26)34(46)47)31(42)41-32(44)27(39-22(3)43)18-11-19-38-35(36)37/h4-10,12-17,20-21,27H,11,18-19H2,1-3H3,(H,39,43)(H,40,45)(H,41,44)(H,46,47)(H4,36,37,38). The highest BCUT2D eigenvalue weighted by Crippen LogP contribution is 2.44. The number of carbonyl (C=O) groups is 4. The van der Waals surface area contributed by atoms with Gasteiger partial charge < -0.3 is 37.1 Å².